The zero-order valence-electron chi connectivity index (χ0n) is 19.1. The fraction of sp³-hybridized carbons (Fsp3) is 0.958. The van der Waals surface area contributed by atoms with Crippen molar-refractivity contribution in [1.29, 1.82) is 0 Å². The van der Waals surface area contributed by atoms with E-state index in [1.54, 1.807) is 0 Å². The molecule has 4 nitrogen and oxygen atoms in total. The number of hydrogen-bond acceptors (Lipinski definition) is 3. The molecule has 3 aliphatic rings. The van der Waals surface area contributed by atoms with Gasteiger partial charge < -0.3 is 9.80 Å². The molecular formula is C24H45N3O. The van der Waals surface area contributed by atoms with Crippen LogP contribution in [0.4, 0.5) is 0 Å². The van der Waals surface area contributed by atoms with Crippen LogP contribution in [-0.4, -0.2) is 72.0 Å². The maximum atomic E-state index is 12.9. The average molecular weight is 392 g/mol. The van der Waals surface area contributed by atoms with Gasteiger partial charge in [0.05, 0.1) is 6.54 Å². The van der Waals surface area contributed by atoms with Gasteiger partial charge in [0.1, 0.15) is 0 Å². The number of likely N-dealkylation sites (tertiary alicyclic amines) is 1. The van der Waals surface area contributed by atoms with Crippen LogP contribution in [0.3, 0.4) is 0 Å². The fourth-order valence-electron chi connectivity index (χ4n) is 5.70. The van der Waals surface area contributed by atoms with E-state index in [0.717, 1.165) is 44.9 Å². The van der Waals surface area contributed by atoms with E-state index < -0.39 is 0 Å². The molecule has 2 saturated heterocycles. The molecule has 0 aromatic carbocycles. The number of hydrogen-bond donors (Lipinski definition) is 0. The maximum Gasteiger partial charge on any atom is 0.237 e. The molecule has 4 heteroatoms. The highest BCUT2D eigenvalue weighted by molar-refractivity contribution is 5.79. The van der Waals surface area contributed by atoms with Crippen LogP contribution < -0.4 is 0 Å². The second-order valence-corrected chi connectivity index (χ2v) is 10.1. The lowest BCUT2D eigenvalue weighted by Crippen LogP contribution is -2.57. The minimum Gasteiger partial charge on any atom is -0.337 e. The Morgan fingerprint density at radius 2 is 1.75 bits per heavy atom. The second kappa shape index (κ2) is 9.93. The maximum absolute atomic E-state index is 12.9. The molecule has 2 heterocycles. The van der Waals surface area contributed by atoms with Crippen molar-refractivity contribution in [3.05, 3.63) is 0 Å². The van der Waals surface area contributed by atoms with E-state index in [1.165, 1.54) is 51.5 Å². The lowest BCUT2D eigenvalue weighted by atomic mass is 9.86. The van der Waals surface area contributed by atoms with Gasteiger partial charge in [-0.3, -0.25) is 9.69 Å². The number of carbonyl (C=O) groups excluding carboxylic acids is 1. The SMILES string of the molecule is CCCC(CC)CC1(CN2CCN(C3CCN(C(C)CC)CC3)C(=O)C2)CC1. The van der Waals surface area contributed by atoms with Crippen molar-refractivity contribution in [1.82, 2.24) is 14.7 Å². The molecular weight excluding hydrogens is 346 g/mol. The smallest absolute Gasteiger partial charge is 0.237 e. The van der Waals surface area contributed by atoms with E-state index in [1.807, 2.05) is 0 Å². The van der Waals surface area contributed by atoms with Crippen molar-refractivity contribution in [2.75, 3.05) is 39.3 Å². The molecule has 3 rings (SSSR count). The predicted octanol–water partition coefficient (Wildman–Crippen LogP) is 4.39. The Balaban J connectivity index is 1.45. The van der Waals surface area contributed by atoms with Gasteiger partial charge in [0.15, 0.2) is 0 Å². The summed E-state index contributed by atoms with van der Waals surface area (Å²) in [5.41, 5.74) is 0.542. The van der Waals surface area contributed by atoms with Crippen molar-refractivity contribution in [2.45, 2.75) is 97.6 Å². The summed E-state index contributed by atoms with van der Waals surface area (Å²) in [6.07, 6.45) is 11.7. The first-order valence-electron chi connectivity index (χ1n) is 12.3. The van der Waals surface area contributed by atoms with Crippen LogP contribution in [0.15, 0.2) is 0 Å². The Labute approximate surface area is 174 Å². The minimum atomic E-state index is 0.393. The van der Waals surface area contributed by atoms with E-state index in [0.29, 0.717) is 30.0 Å². The summed E-state index contributed by atoms with van der Waals surface area (Å²) in [6.45, 7) is 15.5. The molecule has 2 unspecified atom stereocenters. The van der Waals surface area contributed by atoms with Crippen LogP contribution in [-0.2, 0) is 4.79 Å². The Hall–Kier alpha value is -0.610. The molecule has 0 radical (unpaired) electrons. The monoisotopic (exact) mass is 391 g/mol. The van der Waals surface area contributed by atoms with Gasteiger partial charge in [0, 0.05) is 44.8 Å². The highest BCUT2D eigenvalue weighted by Crippen LogP contribution is 2.52. The number of piperazine rings is 1. The average Bonchev–Trinajstić information content (AvgIpc) is 3.46. The molecule has 2 aliphatic heterocycles. The molecule has 0 N–H and O–H groups in total. The van der Waals surface area contributed by atoms with Gasteiger partial charge in [0.25, 0.3) is 0 Å². The second-order valence-electron chi connectivity index (χ2n) is 10.1. The van der Waals surface area contributed by atoms with Crippen molar-refractivity contribution in [3.8, 4) is 0 Å². The molecule has 28 heavy (non-hydrogen) atoms. The van der Waals surface area contributed by atoms with Crippen molar-refractivity contribution < 1.29 is 4.79 Å². The third-order valence-electron chi connectivity index (χ3n) is 8.00. The van der Waals surface area contributed by atoms with E-state index in [9.17, 15) is 4.79 Å². The topological polar surface area (TPSA) is 26.8 Å². The van der Waals surface area contributed by atoms with Crippen LogP contribution in [0.5, 0.6) is 0 Å². The van der Waals surface area contributed by atoms with Crippen molar-refractivity contribution in [3.63, 3.8) is 0 Å². The van der Waals surface area contributed by atoms with Crippen molar-refractivity contribution in [2.24, 2.45) is 11.3 Å². The molecule has 0 aromatic heterocycles. The van der Waals surface area contributed by atoms with E-state index in [2.05, 4.69) is 42.4 Å². The zero-order valence-corrected chi connectivity index (χ0v) is 19.1. The van der Waals surface area contributed by atoms with Gasteiger partial charge >= 0.3 is 0 Å². The largest absolute Gasteiger partial charge is 0.337 e. The lowest BCUT2D eigenvalue weighted by molar-refractivity contribution is -0.140. The Kier molecular flexibility index (Phi) is 7.83. The quantitative estimate of drug-likeness (QED) is 0.552. The first kappa shape index (κ1) is 22.1. The van der Waals surface area contributed by atoms with Gasteiger partial charge in [0.2, 0.25) is 5.91 Å². The van der Waals surface area contributed by atoms with Gasteiger partial charge in [-0.1, -0.05) is 40.0 Å². The summed E-state index contributed by atoms with van der Waals surface area (Å²) in [4.78, 5) is 20.3. The first-order chi connectivity index (χ1) is 13.5. The first-order valence-corrected chi connectivity index (χ1v) is 12.3. The summed E-state index contributed by atoms with van der Waals surface area (Å²) in [6, 6.07) is 1.17. The predicted molar refractivity (Wildman–Crippen MR) is 117 cm³/mol. The van der Waals surface area contributed by atoms with Crippen LogP contribution in [0.25, 0.3) is 0 Å². The molecule has 1 saturated carbocycles. The normalized spacial score (nSPS) is 26.4. The summed E-state index contributed by atoms with van der Waals surface area (Å²) in [5.74, 6) is 1.28. The molecule has 1 amide bonds. The number of carbonyl (C=O) groups is 1. The Morgan fingerprint density at radius 3 is 2.29 bits per heavy atom. The standard InChI is InChI=1S/C24H45N3O/c1-5-8-21(7-3)17-24(11-12-24)19-25-15-16-27(23(28)18-25)22-9-13-26(14-10-22)20(4)6-2/h20-22H,5-19H2,1-4H3. The van der Waals surface area contributed by atoms with Crippen LogP contribution in [0.2, 0.25) is 0 Å². The molecule has 0 bridgehead atoms. The fourth-order valence-corrected chi connectivity index (χ4v) is 5.70. The molecule has 3 fully saturated rings. The Morgan fingerprint density at radius 1 is 1.04 bits per heavy atom. The molecule has 0 spiro atoms. The number of amides is 1. The highest BCUT2D eigenvalue weighted by atomic mass is 16.2. The molecule has 162 valence electrons. The molecule has 0 aromatic rings. The molecule has 1 aliphatic carbocycles. The van der Waals surface area contributed by atoms with E-state index >= 15 is 0 Å². The lowest BCUT2D eigenvalue weighted by Gasteiger charge is -2.44. The Bertz CT molecular complexity index is 496. The summed E-state index contributed by atoms with van der Waals surface area (Å²) < 4.78 is 0. The zero-order chi connectivity index (χ0) is 20.1. The summed E-state index contributed by atoms with van der Waals surface area (Å²) in [5, 5.41) is 0. The van der Waals surface area contributed by atoms with Gasteiger partial charge in [-0.05, 0) is 56.8 Å². The third-order valence-corrected chi connectivity index (χ3v) is 8.00. The van der Waals surface area contributed by atoms with Crippen molar-refractivity contribution >= 4 is 5.91 Å². The number of rotatable bonds is 10. The van der Waals surface area contributed by atoms with E-state index in [-0.39, 0.29) is 0 Å². The number of nitrogens with zero attached hydrogens (tertiary/aromatic N) is 3. The summed E-state index contributed by atoms with van der Waals surface area (Å²) >= 11 is 0. The number of piperidine rings is 1. The summed E-state index contributed by atoms with van der Waals surface area (Å²) in [7, 11) is 0. The van der Waals surface area contributed by atoms with Gasteiger partial charge in [-0.15, -0.1) is 0 Å². The van der Waals surface area contributed by atoms with E-state index in [4.69, 9.17) is 0 Å². The van der Waals surface area contributed by atoms with Crippen LogP contribution in [0.1, 0.15) is 85.5 Å². The van der Waals surface area contributed by atoms with Gasteiger partial charge in [-0.2, -0.15) is 0 Å². The minimum absolute atomic E-state index is 0.393. The third kappa shape index (κ3) is 5.50. The van der Waals surface area contributed by atoms with Crippen LogP contribution >= 0.6 is 0 Å². The molecule has 2 atom stereocenters. The van der Waals surface area contributed by atoms with Crippen LogP contribution in [0, 0.1) is 11.3 Å². The highest BCUT2D eigenvalue weighted by Gasteiger charge is 2.45. The van der Waals surface area contributed by atoms with Gasteiger partial charge in [-0.25, -0.2) is 0 Å².